The van der Waals surface area contributed by atoms with Gasteiger partial charge in [0, 0.05) is 6.04 Å². The van der Waals surface area contributed by atoms with Crippen molar-refractivity contribution in [2.24, 2.45) is 0 Å². The topological polar surface area (TPSA) is 74.7 Å². The van der Waals surface area contributed by atoms with Gasteiger partial charge in [-0.05, 0) is 45.6 Å². The Labute approximate surface area is 132 Å². The molecule has 1 saturated heterocycles. The van der Waals surface area contributed by atoms with Crippen molar-refractivity contribution in [2.45, 2.75) is 56.9 Å². The van der Waals surface area contributed by atoms with Crippen LogP contribution in [0.3, 0.4) is 0 Å². The second-order valence-corrected chi connectivity index (χ2v) is 9.31. The first-order chi connectivity index (χ1) is 10.1. The van der Waals surface area contributed by atoms with Crippen molar-refractivity contribution in [2.75, 3.05) is 0 Å². The fourth-order valence-electron chi connectivity index (χ4n) is 2.69. The Bertz CT molecular complexity index is 634. The lowest BCUT2D eigenvalue weighted by Gasteiger charge is -2.47. The molecule has 5 nitrogen and oxygen atoms in total. The predicted octanol–water partition coefficient (Wildman–Crippen LogP) is 2.27. The molecule has 22 heavy (non-hydrogen) atoms. The zero-order chi connectivity index (χ0) is 16.5. The molecule has 0 bridgehead atoms. The van der Waals surface area contributed by atoms with E-state index in [9.17, 15) is 18.3 Å². The molecule has 0 amide bonds. The van der Waals surface area contributed by atoms with Crippen LogP contribution in [0.1, 0.15) is 39.2 Å². The van der Waals surface area contributed by atoms with E-state index in [1.54, 1.807) is 20.8 Å². The van der Waals surface area contributed by atoms with Gasteiger partial charge >= 0.3 is 5.97 Å². The molecule has 1 N–H and O–H groups in total. The third kappa shape index (κ3) is 3.17. The van der Waals surface area contributed by atoms with Gasteiger partial charge in [0.25, 0.3) is 0 Å². The van der Waals surface area contributed by atoms with Crippen molar-refractivity contribution in [3.63, 3.8) is 0 Å². The third-order valence-electron chi connectivity index (χ3n) is 4.11. The fraction of sp³-hybridized carbons (Fsp3) is 0.562. The Morgan fingerprint density at radius 2 is 1.86 bits per heavy atom. The zero-order valence-electron chi connectivity index (χ0n) is 13.2. The number of aliphatic carboxylic acids is 1. The summed E-state index contributed by atoms with van der Waals surface area (Å²) in [7, 11) is -3.63. The largest absolute Gasteiger partial charge is 0.480 e. The first-order valence-electron chi connectivity index (χ1n) is 7.44. The Morgan fingerprint density at radius 1 is 1.27 bits per heavy atom. The van der Waals surface area contributed by atoms with Crippen molar-refractivity contribution in [1.82, 2.24) is 4.31 Å². The maximum absolute atomic E-state index is 12.6. The predicted molar refractivity (Wildman–Crippen MR) is 85.1 cm³/mol. The highest BCUT2D eigenvalue weighted by Crippen LogP contribution is 2.37. The average molecular weight is 325 g/mol. The molecule has 2 rings (SSSR count). The molecule has 0 radical (unpaired) electrons. The minimum atomic E-state index is -3.63. The van der Waals surface area contributed by atoms with Crippen LogP contribution >= 0.6 is 0 Å². The number of hydrogen-bond acceptors (Lipinski definition) is 3. The minimum absolute atomic E-state index is 0.231. The number of carboxylic acids is 1. The highest BCUT2D eigenvalue weighted by atomic mass is 32.2. The van der Waals surface area contributed by atoms with Gasteiger partial charge in [-0.3, -0.25) is 4.79 Å². The number of sulfonamides is 1. The van der Waals surface area contributed by atoms with Crippen LogP contribution in [0.2, 0.25) is 0 Å². The molecule has 0 saturated carbocycles. The van der Waals surface area contributed by atoms with Crippen molar-refractivity contribution in [3.8, 4) is 0 Å². The van der Waals surface area contributed by atoms with Gasteiger partial charge in [-0.1, -0.05) is 30.3 Å². The Kier molecular flexibility index (Phi) is 4.63. The van der Waals surface area contributed by atoms with E-state index >= 15 is 0 Å². The van der Waals surface area contributed by atoms with Crippen LogP contribution < -0.4 is 0 Å². The molecule has 1 aliphatic rings. The van der Waals surface area contributed by atoms with E-state index < -0.39 is 26.8 Å². The number of carbonyl (C=O) groups is 1. The maximum Gasteiger partial charge on any atom is 0.322 e. The summed E-state index contributed by atoms with van der Waals surface area (Å²) in [6, 6.07) is 8.66. The molecule has 6 heteroatoms. The molecule has 1 heterocycles. The van der Waals surface area contributed by atoms with E-state index in [0.717, 1.165) is 12.0 Å². The number of benzene rings is 1. The molecule has 2 atom stereocenters. The SMILES string of the molecule is CC(C)(C)S(=O)(=O)N1[C@@H](CCc2ccccc2)C[C@H]1C(=O)O. The van der Waals surface area contributed by atoms with Crippen LogP contribution in [0, 0.1) is 0 Å². The summed E-state index contributed by atoms with van der Waals surface area (Å²) >= 11 is 0. The summed E-state index contributed by atoms with van der Waals surface area (Å²) in [5.41, 5.74) is 1.13. The third-order valence-corrected chi connectivity index (χ3v) is 6.76. The Morgan fingerprint density at radius 3 is 2.36 bits per heavy atom. The summed E-state index contributed by atoms with van der Waals surface area (Å²) in [6.07, 6.45) is 1.77. The van der Waals surface area contributed by atoms with Gasteiger partial charge in [0.2, 0.25) is 10.0 Å². The van der Waals surface area contributed by atoms with Gasteiger partial charge in [-0.2, -0.15) is 4.31 Å². The van der Waals surface area contributed by atoms with E-state index in [0.29, 0.717) is 12.8 Å². The average Bonchev–Trinajstić information content (AvgIpc) is 2.36. The smallest absolute Gasteiger partial charge is 0.322 e. The molecule has 0 aliphatic carbocycles. The first kappa shape index (κ1) is 17.0. The van der Waals surface area contributed by atoms with Gasteiger partial charge in [0.1, 0.15) is 6.04 Å². The monoisotopic (exact) mass is 325 g/mol. The van der Waals surface area contributed by atoms with Crippen molar-refractivity contribution >= 4 is 16.0 Å². The second-order valence-electron chi connectivity index (χ2n) is 6.72. The molecule has 0 aromatic heterocycles. The fourth-order valence-corrected chi connectivity index (χ4v) is 4.42. The van der Waals surface area contributed by atoms with Crippen molar-refractivity contribution in [1.29, 1.82) is 0 Å². The molecule has 0 spiro atoms. The number of aryl methyl sites for hydroxylation is 1. The summed E-state index contributed by atoms with van der Waals surface area (Å²) in [4.78, 5) is 11.3. The number of rotatable bonds is 5. The van der Waals surface area contributed by atoms with E-state index in [2.05, 4.69) is 0 Å². The van der Waals surface area contributed by atoms with Crippen LogP contribution in [0.15, 0.2) is 30.3 Å². The molecule has 122 valence electrons. The highest BCUT2D eigenvalue weighted by Gasteiger charge is 2.52. The first-order valence-corrected chi connectivity index (χ1v) is 8.88. The van der Waals surface area contributed by atoms with Crippen LogP contribution in [0.5, 0.6) is 0 Å². The quantitative estimate of drug-likeness (QED) is 0.901. The minimum Gasteiger partial charge on any atom is -0.480 e. The van der Waals surface area contributed by atoms with Crippen LogP contribution in [-0.4, -0.2) is 40.6 Å². The van der Waals surface area contributed by atoms with E-state index in [1.807, 2.05) is 30.3 Å². The summed E-state index contributed by atoms with van der Waals surface area (Å²) < 4.78 is 25.5. The standard InChI is InChI=1S/C16H23NO4S/c1-16(2,3)22(20,21)17-13(11-14(17)15(18)19)10-9-12-7-5-4-6-8-12/h4-8,13-14H,9-11H2,1-3H3,(H,18,19)/t13-,14-/m0/s1. The lowest BCUT2D eigenvalue weighted by Crippen LogP contribution is -2.64. The summed E-state index contributed by atoms with van der Waals surface area (Å²) in [6.45, 7) is 4.81. The lowest BCUT2D eigenvalue weighted by molar-refractivity contribution is -0.147. The molecular weight excluding hydrogens is 302 g/mol. The Hall–Kier alpha value is -1.40. The van der Waals surface area contributed by atoms with Crippen LogP contribution in [0.25, 0.3) is 0 Å². The van der Waals surface area contributed by atoms with Gasteiger partial charge < -0.3 is 5.11 Å². The van der Waals surface area contributed by atoms with E-state index in [-0.39, 0.29) is 6.04 Å². The molecule has 1 fully saturated rings. The van der Waals surface area contributed by atoms with Gasteiger partial charge in [-0.15, -0.1) is 0 Å². The maximum atomic E-state index is 12.6. The van der Waals surface area contributed by atoms with Crippen molar-refractivity contribution in [3.05, 3.63) is 35.9 Å². The number of hydrogen-bond donors (Lipinski definition) is 1. The van der Waals surface area contributed by atoms with E-state index in [1.165, 1.54) is 4.31 Å². The van der Waals surface area contributed by atoms with Crippen molar-refractivity contribution < 1.29 is 18.3 Å². The zero-order valence-corrected chi connectivity index (χ0v) is 14.0. The summed E-state index contributed by atoms with van der Waals surface area (Å²) in [5.74, 6) is -1.07. The molecular formula is C16H23NO4S. The number of carboxylic acid groups (broad SMARTS) is 1. The van der Waals surface area contributed by atoms with Crippen LogP contribution in [0.4, 0.5) is 0 Å². The van der Waals surface area contributed by atoms with Crippen LogP contribution in [-0.2, 0) is 21.2 Å². The van der Waals surface area contributed by atoms with Gasteiger partial charge in [-0.25, -0.2) is 8.42 Å². The number of nitrogens with zero attached hydrogens (tertiary/aromatic N) is 1. The highest BCUT2D eigenvalue weighted by molar-refractivity contribution is 7.90. The lowest BCUT2D eigenvalue weighted by atomic mass is 9.91. The molecule has 1 aliphatic heterocycles. The molecule has 1 aromatic rings. The second kappa shape index (κ2) is 6.01. The van der Waals surface area contributed by atoms with Gasteiger partial charge in [0.05, 0.1) is 4.75 Å². The normalized spacial score (nSPS) is 23.0. The molecule has 1 aromatic carbocycles. The van der Waals surface area contributed by atoms with E-state index in [4.69, 9.17) is 0 Å². The summed E-state index contributed by atoms with van der Waals surface area (Å²) in [5, 5.41) is 9.23. The Balaban J connectivity index is 2.14. The molecule has 0 unspecified atom stereocenters. The van der Waals surface area contributed by atoms with Gasteiger partial charge in [0.15, 0.2) is 0 Å².